The first-order valence-corrected chi connectivity index (χ1v) is 10.6. The van der Waals surface area contributed by atoms with Crippen molar-refractivity contribution in [2.24, 2.45) is 0 Å². The van der Waals surface area contributed by atoms with E-state index in [1.807, 2.05) is 67.4 Å². The molecule has 1 heterocycles. The molecule has 4 rings (SSSR count). The van der Waals surface area contributed by atoms with Gasteiger partial charge in [-0.2, -0.15) is 0 Å². The highest BCUT2D eigenvalue weighted by Crippen LogP contribution is 2.38. The Morgan fingerprint density at radius 1 is 0.818 bits per heavy atom. The number of hydrogen-bond acceptors (Lipinski definition) is 5. The summed E-state index contributed by atoms with van der Waals surface area (Å²) in [6.45, 7) is 2.37. The molecule has 0 unspecified atom stereocenters. The average Bonchev–Trinajstić information content (AvgIpc) is 3.09. The standard InChI is InChI=1S/C27H26N2O4/c1-18-10-8-9-13-21(18)29-26(30)24(20-14-15-22(32-3)23(16-20)33-4)25(27(29)31)28(2)17-19-11-6-5-7-12-19/h5-16H,17H2,1-4H3. The molecule has 1 aliphatic rings. The smallest absolute Gasteiger partial charge is 0.282 e. The van der Waals surface area contributed by atoms with Gasteiger partial charge in [-0.1, -0.05) is 54.6 Å². The summed E-state index contributed by atoms with van der Waals surface area (Å²) in [5.74, 6) is 0.324. The van der Waals surface area contributed by atoms with Crippen molar-refractivity contribution in [3.63, 3.8) is 0 Å². The van der Waals surface area contributed by atoms with Crippen LogP contribution in [0.5, 0.6) is 11.5 Å². The van der Waals surface area contributed by atoms with Crippen molar-refractivity contribution in [3.8, 4) is 11.5 Å². The van der Waals surface area contributed by atoms with Gasteiger partial charge in [0.25, 0.3) is 11.8 Å². The van der Waals surface area contributed by atoms with E-state index >= 15 is 0 Å². The number of rotatable bonds is 7. The number of ether oxygens (including phenoxy) is 2. The van der Waals surface area contributed by atoms with Crippen LogP contribution in [0.1, 0.15) is 16.7 Å². The first-order valence-electron chi connectivity index (χ1n) is 10.6. The second-order valence-corrected chi connectivity index (χ2v) is 7.87. The second-order valence-electron chi connectivity index (χ2n) is 7.87. The highest BCUT2D eigenvalue weighted by atomic mass is 16.5. The molecule has 3 aromatic rings. The van der Waals surface area contributed by atoms with Crippen molar-refractivity contribution >= 4 is 23.1 Å². The number of nitrogens with zero attached hydrogens (tertiary/aromatic N) is 2. The summed E-state index contributed by atoms with van der Waals surface area (Å²) >= 11 is 0. The number of benzene rings is 3. The lowest BCUT2D eigenvalue weighted by Crippen LogP contribution is -2.34. The maximum absolute atomic E-state index is 13.7. The number of anilines is 1. The minimum absolute atomic E-state index is 0.336. The Hall–Kier alpha value is -4.06. The lowest BCUT2D eigenvalue weighted by molar-refractivity contribution is -0.120. The molecular weight excluding hydrogens is 416 g/mol. The summed E-state index contributed by atoms with van der Waals surface area (Å²) in [6, 6.07) is 22.5. The molecule has 0 N–H and O–H groups in total. The van der Waals surface area contributed by atoms with Crippen LogP contribution in [0.2, 0.25) is 0 Å². The van der Waals surface area contributed by atoms with Crippen LogP contribution in [0.3, 0.4) is 0 Å². The molecule has 0 aliphatic carbocycles. The molecule has 6 heteroatoms. The number of aryl methyl sites for hydroxylation is 1. The van der Waals surface area contributed by atoms with Gasteiger partial charge in [0, 0.05) is 13.6 Å². The maximum atomic E-state index is 13.7. The molecule has 0 saturated heterocycles. The number of methoxy groups -OCH3 is 2. The summed E-state index contributed by atoms with van der Waals surface area (Å²) in [5.41, 5.74) is 3.74. The quantitative estimate of drug-likeness (QED) is 0.507. The fraction of sp³-hybridized carbons (Fsp3) is 0.185. The minimum Gasteiger partial charge on any atom is -0.493 e. The van der Waals surface area contributed by atoms with Crippen molar-refractivity contribution in [1.82, 2.24) is 4.90 Å². The fourth-order valence-corrected chi connectivity index (χ4v) is 4.09. The molecule has 0 saturated carbocycles. The molecule has 0 fully saturated rings. The number of amides is 2. The van der Waals surface area contributed by atoms with Crippen molar-refractivity contribution in [1.29, 1.82) is 0 Å². The summed E-state index contributed by atoms with van der Waals surface area (Å²) < 4.78 is 10.8. The Bertz CT molecular complexity index is 1230. The molecule has 0 aromatic heterocycles. The molecule has 3 aromatic carbocycles. The van der Waals surface area contributed by atoms with E-state index in [2.05, 4.69) is 0 Å². The van der Waals surface area contributed by atoms with Crippen LogP contribution in [0.25, 0.3) is 5.57 Å². The maximum Gasteiger partial charge on any atom is 0.282 e. The predicted molar refractivity (Wildman–Crippen MR) is 128 cm³/mol. The molecule has 0 spiro atoms. The highest BCUT2D eigenvalue weighted by Gasteiger charge is 2.42. The van der Waals surface area contributed by atoms with Crippen LogP contribution in [-0.4, -0.2) is 38.0 Å². The summed E-state index contributed by atoms with van der Waals surface area (Å²) in [4.78, 5) is 30.5. The van der Waals surface area contributed by atoms with Gasteiger partial charge in [0.1, 0.15) is 5.70 Å². The summed E-state index contributed by atoms with van der Waals surface area (Å²) in [6.07, 6.45) is 0. The third kappa shape index (κ3) is 4.07. The molecule has 0 radical (unpaired) electrons. The van der Waals surface area contributed by atoms with Gasteiger partial charge < -0.3 is 14.4 Å². The van der Waals surface area contributed by atoms with Gasteiger partial charge in [0.15, 0.2) is 11.5 Å². The molecular formula is C27H26N2O4. The molecule has 0 bridgehead atoms. The van der Waals surface area contributed by atoms with E-state index in [-0.39, 0.29) is 11.8 Å². The Balaban J connectivity index is 1.85. The second kappa shape index (κ2) is 9.20. The minimum atomic E-state index is -0.364. The van der Waals surface area contributed by atoms with Crippen LogP contribution < -0.4 is 14.4 Å². The van der Waals surface area contributed by atoms with Crippen molar-refractivity contribution in [2.45, 2.75) is 13.5 Å². The van der Waals surface area contributed by atoms with Gasteiger partial charge in [0.2, 0.25) is 0 Å². The van der Waals surface area contributed by atoms with Crippen LogP contribution in [-0.2, 0) is 16.1 Å². The monoisotopic (exact) mass is 442 g/mol. The largest absolute Gasteiger partial charge is 0.493 e. The van der Waals surface area contributed by atoms with E-state index in [0.29, 0.717) is 40.6 Å². The predicted octanol–water partition coefficient (Wildman–Crippen LogP) is 4.43. The van der Waals surface area contributed by atoms with Crippen LogP contribution in [0, 0.1) is 6.92 Å². The first kappa shape index (κ1) is 22.1. The van der Waals surface area contributed by atoms with Gasteiger partial charge in [-0.05, 0) is 41.8 Å². The molecule has 6 nitrogen and oxygen atoms in total. The van der Waals surface area contributed by atoms with Crippen molar-refractivity contribution in [3.05, 3.63) is 95.2 Å². The third-order valence-corrected chi connectivity index (χ3v) is 5.73. The van der Waals surface area contributed by atoms with Gasteiger partial charge in [-0.25, -0.2) is 4.90 Å². The van der Waals surface area contributed by atoms with E-state index in [1.54, 1.807) is 38.5 Å². The SMILES string of the molecule is COc1ccc(C2=C(N(C)Cc3ccccc3)C(=O)N(c3ccccc3C)C2=O)cc1OC. The topological polar surface area (TPSA) is 59.1 Å². The number of para-hydroxylation sites is 1. The van der Waals surface area contributed by atoms with Crippen molar-refractivity contribution < 1.29 is 19.1 Å². The van der Waals surface area contributed by atoms with E-state index < -0.39 is 0 Å². The number of hydrogen-bond donors (Lipinski definition) is 0. The highest BCUT2D eigenvalue weighted by molar-refractivity contribution is 6.45. The van der Waals surface area contributed by atoms with E-state index in [4.69, 9.17) is 9.47 Å². The summed E-state index contributed by atoms with van der Waals surface area (Å²) in [7, 11) is 4.93. The van der Waals surface area contributed by atoms with Gasteiger partial charge in [0.05, 0.1) is 25.5 Å². The third-order valence-electron chi connectivity index (χ3n) is 5.73. The average molecular weight is 443 g/mol. The summed E-state index contributed by atoms with van der Waals surface area (Å²) in [5, 5.41) is 0. The van der Waals surface area contributed by atoms with Crippen LogP contribution >= 0.6 is 0 Å². The van der Waals surface area contributed by atoms with E-state index in [1.165, 1.54) is 4.90 Å². The van der Waals surface area contributed by atoms with Gasteiger partial charge >= 0.3 is 0 Å². The number of likely N-dealkylation sites (N-methyl/N-ethyl adjacent to an activating group) is 1. The van der Waals surface area contributed by atoms with Gasteiger partial charge in [-0.3, -0.25) is 9.59 Å². The Morgan fingerprint density at radius 3 is 2.15 bits per heavy atom. The first-order chi connectivity index (χ1) is 16.0. The molecule has 1 aliphatic heterocycles. The Morgan fingerprint density at radius 2 is 1.48 bits per heavy atom. The number of imide groups is 1. The zero-order valence-corrected chi connectivity index (χ0v) is 19.2. The van der Waals surface area contributed by atoms with E-state index in [0.717, 1.165) is 11.1 Å². The molecule has 168 valence electrons. The van der Waals surface area contributed by atoms with Crippen LogP contribution in [0.4, 0.5) is 5.69 Å². The normalized spacial score (nSPS) is 13.5. The zero-order valence-electron chi connectivity index (χ0n) is 19.2. The van der Waals surface area contributed by atoms with Crippen LogP contribution in [0.15, 0.2) is 78.5 Å². The van der Waals surface area contributed by atoms with Gasteiger partial charge in [-0.15, -0.1) is 0 Å². The fourth-order valence-electron chi connectivity index (χ4n) is 4.09. The number of carbonyl (C=O) groups is 2. The molecule has 33 heavy (non-hydrogen) atoms. The Labute approximate surface area is 193 Å². The van der Waals surface area contributed by atoms with Crippen molar-refractivity contribution in [2.75, 3.05) is 26.2 Å². The molecule has 2 amide bonds. The zero-order chi connectivity index (χ0) is 23.5. The Kier molecular flexibility index (Phi) is 6.18. The lowest BCUT2D eigenvalue weighted by atomic mass is 10.0. The van der Waals surface area contributed by atoms with E-state index in [9.17, 15) is 9.59 Å². The number of carbonyl (C=O) groups excluding carboxylic acids is 2. The lowest BCUT2D eigenvalue weighted by Gasteiger charge is -2.22. The molecule has 0 atom stereocenters.